The van der Waals surface area contributed by atoms with Gasteiger partial charge in [-0.15, -0.1) is 0 Å². The maximum atomic E-state index is 10.6. The molecule has 1 aromatic carbocycles. The molecule has 13 nitrogen and oxygen atoms in total. The monoisotopic (exact) mass is 466 g/mol. The number of hydrogen-bond donors (Lipinski definition) is 7. The number of aliphatic carboxylic acids is 4. The zero-order valence-electron chi connectivity index (χ0n) is 16.5. The van der Waals surface area contributed by atoms with Gasteiger partial charge in [-0.1, -0.05) is 18.2 Å². The van der Waals surface area contributed by atoms with Gasteiger partial charge in [-0.3, -0.25) is 23.7 Å². The number of carboxylic acid groups (broad SMARTS) is 4. The van der Waals surface area contributed by atoms with E-state index in [1.165, 1.54) is 6.07 Å². The number of rotatable bonds is 9. The molecule has 0 saturated carbocycles. The number of carbonyl (C=O) groups is 4. The van der Waals surface area contributed by atoms with Crippen LogP contribution >= 0.6 is 0 Å². The van der Waals surface area contributed by atoms with E-state index in [4.69, 9.17) is 36.4 Å². The van der Waals surface area contributed by atoms with E-state index >= 15 is 0 Å². The van der Waals surface area contributed by atoms with Gasteiger partial charge in [0.2, 0.25) is 0 Å². The van der Waals surface area contributed by atoms with Crippen molar-refractivity contribution < 1.29 is 52.6 Å². The van der Waals surface area contributed by atoms with Gasteiger partial charge in [0.05, 0.1) is 4.90 Å². The van der Waals surface area contributed by atoms with Crippen LogP contribution in [0.4, 0.5) is 0 Å². The molecule has 14 heteroatoms. The molecule has 1 unspecified atom stereocenters. The van der Waals surface area contributed by atoms with Gasteiger partial charge >= 0.3 is 23.9 Å². The van der Waals surface area contributed by atoms with Crippen LogP contribution in [0.2, 0.25) is 0 Å². The molecule has 0 bridgehead atoms. The second-order valence-electron chi connectivity index (χ2n) is 5.99. The van der Waals surface area contributed by atoms with Crippen molar-refractivity contribution in [2.45, 2.75) is 49.6 Å². The number of benzene rings is 1. The fraction of sp³-hybridized carbons (Fsp3) is 0.412. The predicted molar refractivity (Wildman–Crippen MR) is 106 cm³/mol. The highest BCUT2D eigenvalue weighted by Crippen LogP contribution is 2.12. The number of hydrogen-bond acceptors (Lipinski definition) is 8. The zero-order valence-corrected chi connectivity index (χ0v) is 17.4. The lowest BCUT2D eigenvalue weighted by molar-refractivity contribution is -0.141. The molecule has 0 fully saturated rings. The number of nitrogens with two attached hydrogens (primary N) is 2. The van der Waals surface area contributed by atoms with Gasteiger partial charge in [-0.25, -0.2) is 0 Å². The van der Waals surface area contributed by atoms with Crippen LogP contribution in [-0.2, 0) is 29.3 Å². The zero-order chi connectivity index (χ0) is 24.8. The van der Waals surface area contributed by atoms with Gasteiger partial charge in [-0.05, 0) is 31.4 Å². The summed E-state index contributed by atoms with van der Waals surface area (Å²) in [5.74, 6) is -4.39. The summed E-state index contributed by atoms with van der Waals surface area (Å²) >= 11 is 0. The fourth-order valence-electron chi connectivity index (χ4n) is 1.65. The molecule has 9 N–H and O–H groups in total. The van der Waals surface area contributed by atoms with Crippen LogP contribution in [0.25, 0.3) is 0 Å². The third-order valence-corrected chi connectivity index (χ3v) is 4.36. The van der Waals surface area contributed by atoms with Gasteiger partial charge in [0.25, 0.3) is 10.1 Å². The first-order valence-corrected chi connectivity index (χ1v) is 9.97. The average molecular weight is 466 g/mol. The molecule has 31 heavy (non-hydrogen) atoms. The first-order valence-electron chi connectivity index (χ1n) is 8.53. The Hall–Kier alpha value is -3.07. The van der Waals surface area contributed by atoms with Crippen LogP contribution < -0.4 is 11.5 Å². The minimum atomic E-state index is -4.03. The largest absolute Gasteiger partial charge is 0.481 e. The van der Waals surface area contributed by atoms with E-state index in [-0.39, 0.29) is 30.6 Å². The maximum absolute atomic E-state index is 10.6. The summed E-state index contributed by atoms with van der Waals surface area (Å²) in [7, 11) is -4.03. The topological polar surface area (TPSA) is 256 Å². The molecule has 0 heterocycles. The standard InChI is InChI=1S/C7H8O3S.2C5H9NO4/c1-6-4-2-3-5-7(6)11(8,9)10;2*6-3(5(9)10)1-2-4(7)8/h2-5H,1H3,(H,8,9,10);2*3H,1-2,6H2,(H,7,8)(H,9,10)/t;3-;/m.0./s1. The van der Waals surface area contributed by atoms with Gasteiger partial charge in [0.15, 0.2) is 0 Å². The van der Waals surface area contributed by atoms with E-state index in [2.05, 4.69) is 0 Å². The van der Waals surface area contributed by atoms with Crippen molar-refractivity contribution in [3.8, 4) is 0 Å². The second-order valence-corrected chi connectivity index (χ2v) is 7.38. The Morgan fingerprint density at radius 1 is 0.839 bits per heavy atom. The van der Waals surface area contributed by atoms with E-state index in [1.54, 1.807) is 25.1 Å². The molecule has 1 rings (SSSR count). The first kappa shape index (κ1) is 30.1. The summed E-state index contributed by atoms with van der Waals surface area (Å²) in [6.07, 6.45) is -0.448. The van der Waals surface area contributed by atoms with E-state index in [1.807, 2.05) is 0 Å². The Kier molecular flexibility index (Phi) is 14.4. The van der Waals surface area contributed by atoms with Crippen LogP contribution in [0.5, 0.6) is 0 Å². The summed E-state index contributed by atoms with van der Waals surface area (Å²) < 4.78 is 29.9. The molecule has 1 aromatic rings. The van der Waals surface area contributed by atoms with Gasteiger partial charge in [-0.2, -0.15) is 8.42 Å². The lowest BCUT2D eigenvalue weighted by atomic mass is 10.2. The molecule has 0 aliphatic rings. The van der Waals surface area contributed by atoms with Crippen molar-refractivity contribution in [2.75, 3.05) is 0 Å². The predicted octanol–water partition coefficient (Wildman–Crippen LogP) is -0.232. The molecule has 0 aromatic heterocycles. The van der Waals surface area contributed by atoms with E-state index < -0.39 is 46.1 Å². The summed E-state index contributed by atoms with van der Waals surface area (Å²) in [5.41, 5.74) is 10.6. The molecule has 0 aliphatic heterocycles. The van der Waals surface area contributed by atoms with Crippen molar-refractivity contribution in [2.24, 2.45) is 11.5 Å². The molecule has 176 valence electrons. The van der Waals surface area contributed by atoms with Crippen LogP contribution in [0, 0.1) is 6.92 Å². The lowest BCUT2D eigenvalue weighted by Gasteiger charge is -2.01. The third-order valence-electron chi connectivity index (χ3n) is 3.34. The Labute approximate surface area is 178 Å². The highest BCUT2D eigenvalue weighted by molar-refractivity contribution is 7.85. The highest BCUT2D eigenvalue weighted by Gasteiger charge is 2.13. The molecule has 0 spiro atoms. The highest BCUT2D eigenvalue weighted by atomic mass is 32.2. The summed E-state index contributed by atoms with van der Waals surface area (Å²) in [5, 5.41) is 32.5. The van der Waals surface area contributed by atoms with Gasteiger partial charge in [0, 0.05) is 12.8 Å². The minimum Gasteiger partial charge on any atom is -0.481 e. The third kappa shape index (κ3) is 16.4. The first-order chi connectivity index (χ1) is 14.1. The molecule has 0 amide bonds. The van der Waals surface area contributed by atoms with Crippen molar-refractivity contribution in [1.82, 2.24) is 0 Å². The quantitative estimate of drug-likeness (QED) is 0.232. The minimum absolute atomic E-state index is 0.0231. The molecule has 0 aliphatic carbocycles. The van der Waals surface area contributed by atoms with Crippen molar-refractivity contribution in [3.05, 3.63) is 29.8 Å². The molecule has 0 saturated heterocycles. The Balaban J connectivity index is 0. The maximum Gasteiger partial charge on any atom is 0.320 e. The van der Waals surface area contributed by atoms with E-state index in [9.17, 15) is 27.6 Å². The summed E-state index contributed by atoms with van der Waals surface area (Å²) in [6, 6.07) is 4.15. The van der Waals surface area contributed by atoms with Gasteiger partial charge in [0.1, 0.15) is 12.1 Å². The van der Waals surface area contributed by atoms with E-state index in [0.29, 0.717) is 5.56 Å². The van der Waals surface area contributed by atoms with Crippen LogP contribution in [0.15, 0.2) is 29.2 Å². The van der Waals surface area contributed by atoms with Gasteiger partial charge < -0.3 is 31.9 Å². The Bertz CT molecular complexity index is 821. The van der Waals surface area contributed by atoms with Crippen molar-refractivity contribution in [3.63, 3.8) is 0 Å². The van der Waals surface area contributed by atoms with Crippen LogP contribution in [0.3, 0.4) is 0 Å². The Morgan fingerprint density at radius 3 is 1.42 bits per heavy atom. The molecule has 0 radical (unpaired) electrons. The summed E-state index contributed by atoms with van der Waals surface area (Å²) in [4.78, 5) is 39.7. The number of aryl methyl sites for hydroxylation is 1. The summed E-state index contributed by atoms with van der Waals surface area (Å²) in [6.45, 7) is 1.63. The second kappa shape index (κ2) is 14.8. The van der Waals surface area contributed by atoms with Crippen molar-refractivity contribution in [1.29, 1.82) is 0 Å². The smallest absolute Gasteiger partial charge is 0.320 e. The fourth-order valence-corrected chi connectivity index (χ4v) is 2.38. The molecular formula is C17H26N2O11S. The van der Waals surface area contributed by atoms with E-state index in [0.717, 1.165) is 0 Å². The molecule has 2 atom stereocenters. The SMILES string of the molecule is Cc1ccccc1S(=O)(=O)O.NC(CCC(=O)O)C(=O)O.N[C@@H](CCC(=O)O)C(=O)O. The Morgan fingerprint density at radius 2 is 1.19 bits per heavy atom. The number of carboxylic acids is 4. The average Bonchev–Trinajstić information content (AvgIpc) is 2.64. The lowest BCUT2D eigenvalue weighted by Crippen LogP contribution is -2.30. The van der Waals surface area contributed by atoms with Crippen LogP contribution in [-0.4, -0.2) is 69.4 Å². The molecular weight excluding hydrogens is 440 g/mol. The van der Waals surface area contributed by atoms with Crippen LogP contribution in [0.1, 0.15) is 31.2 Å². The van der Waals surface area contributed by atoms with Crippen molar-refractivity contribution >= 4 is 34.0 Å². The normalized spacial score (nSPS) is 12.1.